The normalized spacial score (nSPS) is 10.1. The summed E-state index contributed by atoms with van der Waals surface area (Å²) in [4.78, 5) is 24.1. The molecule has 2 aromatic carbocycles. The maximum absolute atomic E-state index is 12.2. The molecule has 0 unspecified atom stereocenters. The predicted molar refractivity (Wildman–Crippen MR) is 119 cm³/mol. The lowest BCUT2D eigenvalue weighted by Gasteiger charge is -2.12. The fourth-order valence-electron chi connectivity index (χ4n) is 2.40. The summed E-state index contributed by atoms with van der Waals surface area (Å²) in [6.07, 6.45) is 3.26. The van der Waals surface area contributed by atoms with Crippen LogP contribution in [-0.4, -0.2) is 30.1 Å². The van der Waals surface area contributed by atoms with E-state index in [0.29, 0.717) is 23.7 Å². The Morgan fingerprint density at radius 1 is 0.900 bits per heavy atom. The number of thiocarbonyl (C=S) groups is 1. The number of rotatable bonds is 9. The van der Waals surface area contributed by atoms with Gasteiger partial charge in [-0.1, -0.05) is 37.5 Å². The van der Waals surface area contributed by atoms with E-state index in [0.717, 1.165) is 24.8 Å². The Morgan fingerprint density at radius 2 is 1.53 bits per heavy atom. The fraction of sp³-hybridized carbons (Fsp3) is 0.318. The van der Waals surface area contributed by atoms with Crippen molar-refractivity contribution in [2.75, 3.05) is 13.2 Å². The van der Waals surface area contributed by atoms with Gasteiger partial charge in [-0.05, 0) is 62.0 Å². The molecule has 2 aromatic rings. The molecule has 0 aliphatic rings. The predicted octanol–water partition coefficient (Wildman–Crippen LogP) is 3.28. The van der Waals surface area contributed by atoms with Crippen LogP contribution >= 0.6 is 12.2 Å². The second kappa shape index (κ2) is 12.4. The average Bonchev–Trinajstić information content (AvgIpc) is 2.75. The number of nitrogens with one attached hydrogen (secondary N) is 3. The van der Waals surface area contributed by atoms with Crippen molar-refractivity contribution in [3.8, 4) is 11.5 Å². The van der Waals surface area contributed by atoms with E-state index in [4.69, 9.17) is 21.7 Å². The highest BCUT2D eigenvalue weighted by atomic mass is 32.1. The zero-order valence-electron chi connectivity index (χ0n) is 17.2. The van der Waals surface area contributed by atoms with Crippen LogP contribution in [-0.2, 0) is 4.79 Å². The van der Waals surface area contributed by atoms with Crippen molar-refractivity contribution < 1.29 is 19.1 Å². The summed E-state index contributed by atoms with van der Waals surface area (Å²) in [7, 11) is 0. The van der Waals surface area contributed by atoms with Crippen molar-refractivity contribution in [3.63, 3.8) is 0 Å². The zero-order valence-corrected chi connectivity index (χ0v) is 18.0. The van der Waals surface area contributed by atoms with Crippen molar-refractivity contribution in [1.82, 2.24) is 16.2 Å². The third-order valence-corrected chi connectivity index (χ3v) is 4.27. The van der Waals surface area contributed by atoms with E-state index in [1.165, 1.54) is 0 Å². The van der Waals surface area contributed by atoms with Crippen LogP contribution in [0.1, 0.15) is 42.1 Å². The van der Waals surface area contributed by atoms with E-state index in [9.17, 15) is 9.59 Å². The van der Waals surface area contributed by atoms with Gasteiger partial charge in [0.15, 0.2) is 11.7 Å². The highest BCUT2D eigenvalue weighted by Crippen LogP contribution is 2.13. The first-order chi connectivity index (χ1) is 14.5. The monoisotopic (exact) mass is 429 g/mol. The van der Waals surface area contributed by atoms with E-state index in [-0.39, 0.29) is 11.7 Å². The summed E-state index contributed by atoms with van der Waals surface area (Å²) in [5, 5.41) is 2.47. The van der Waals surface area contributed by atoms with Crippen LogP contribution in [0.25, 0.3) is 0 Å². The molecule has 0 radical (unpaired) electrons. The number of amides is 2. The summed E-state index contributed by atoms with van der Waals surface area (Å²) >= 11 is 5.03. The Labute approximate surface area is 182 Å². The molecule has 3 N–H and O–H groups in total. The van der Waals surface area contributed by atoms with Crippen molar-refractivity contribution >= 4 is 29.1 Å². The topological polar surface area (TPSA) is 88.7 Å². The number of carbonyl (C=O) groups is 2. The second-order valence-corrected chi connectivity index (χ2v) is 7.05. The number of carbonyl (C=O) groups excluding carboxylic acids is 2. The lowest BCUT2D eigenvalue weighted by Crippen LogP contribution is -2.49. The van der Waals surface area contributed by atoms with Crippen LogP contribution in [0.3, 0.4) is 0 Å². The molecule has 0 aromatic heterocycles. The molecule has 0 saturated heterocycles. The van der Waals surface area contributed by atoms with Gasteiger partial charge in [0.2, 0.25) is 0 Å². The summed E-state index contributed by atoms with van der Waals surface area (Å²) in [5.41, 5.74) is 6.37. The van der Waals surface area contributed by atoms with Gasteiger partial charge in [0.05, 0.1) is 6.61 Å². The molecule has 0 spiro atoms. The number of aryl methyl sites for hydroxylation is 1. The van der Waals surface area contributed by atoms with Gasteiger partial charge in [-0.2, -0.15) is 0 Å². The van der Waals surface area contributed by atoms with Crippen LogP contribution in [0.2, 0.25) is 0 Å². The van der Waals surface area contributed by atoms with Gasteiger partial charge in [-0.25, -0.2) is 0 Å². The summed E-state index contributed by atoms with van der Waals surface area (Å²) < 4.78 is 11.0. The number of hydrogen-bond donors (Lipinski definition) is 3. The van der Waals surface area contributed by atoms with E-state index >= 15 is 0 Å². The molecular weight excluding hydrogens is 402 g/mol. The van der Waals surface area contributed by atoms with Crippen LogP contribution in [0, 0.1) is 6.92 Å². The molecule has 30 heavy (non-hydrogen) atoms. The lowest BCUT2D eigenvalue weighted by molar-refractivity contribution is -0.123. The van der Waals surface area contributed by atoms with Gasteiger partial charge in [0.25, 0.3) is 11.8 Å². The van der Waals surface area contributed by atoms with Gasteiger partial charge in [-0.15, -0.1) is 0 Å². The van der Waals surface area contributed by atoms with Gasteiger partial charge < -0.3 is 9.47 Å². The fourth-order valence-corrected chi connectivity index (χ4v) is 2.54. The molecule has 2 rings (SSSR count). The Balaban J connectivity index is 1.68. The molecule has 7 nitrogen and oxygen atoms in total. The molecule has 0 bridgehead atoms. The first kappa shape index (κ1) is 23.2. The molecule has 8 heteroatoms. The largest absolute Gasteiger partial charge is 0.494 e. The minimum Gasteiger partial charge on any atom is -0.494 e. The van der Waals surface area contributed by atoms with E-state index in [2.05, 4.69) is 23.1 Å². The quantitative estimate of drug-likeness (QED) is 0.322. The number of ether oxygens (including phenoxy) is 2. The van der Waals surface area contributed by atoms with Crippen LogP contribution < -0.4 is 25.6 Å². The third kappa shape index (κ3) is 8.48. The second-order valence-electron chi connectivity index (χ2n) is 6.64. The standard InChI is InChI=1S/C22H27N3O4S/c1-3-4-5-14-28-18-12-8-17(9-13-18)21(27)23-22(30)25-24-20(26)15-29-19-10-6-16(2)7-11-19/h6-13H,3-5,14-15H2,1-2H3,(H,24,26)(H2,23,25,27,30). The average molecular weight is 430 g/mol. The van der Waals surface area contributed by atoms with Crippen molar-refractivity contribution in [2.24, 2.45) is 0 Å². The van der Waals surface area contributed by atoms with Crippen molar-refractivity contribution in [2.45, 2.75) is 33.1 Å². The number of hydrazine groups is 1. The van der Waals surface area contributed by atoms with Gasteiger partial charge in [0.1, 0.15) is 11.5 Å². The van der Waals surface area contributed by atoms with E-state index < -0.39 is 11.8 Å². The number of hydrogen-bond acceptors (Lipinski definition) is 5. The molecular formula is C22H27N3O4S. The first-order valence-electron chi connectivity index (χ1n) is 9.80. The van der Waals surface area contributed by atoms with Crippen molar-refractivity contribution in [3.05, 3.63) is 59.7 Å². The van der Waals surface area contributed by atoms with Gasteiger partial charge in [-0.3, -0.25) is 25.8 Å². The summed E-state index contributed by atoms with van der Waals surface area (Å²) in [5.74, 6) is 0.473. The maximum atomic E-state index is 12.2. The third-order valence-electron chi connectivity index (χ3n) is 4.07. The molecule has 0 heterocycles. The number of unbranched alkanes of at least 4 members (excludes halogenated alkanes) is 2. The molecule has 0 aliphatic heterocycles. The van der Waals surface area contributed by atoms with E-state index in [1.54, 1.807) is 36.4 Å². The van der Waals surface area contributed by atoms with Crippen LogP contribution in [0.5, 0.6) is 11.5 Å². The Morgan fingerprint density at radius 3 is 2.20 bits per heavy atom. The van der Waals surface area contributed by atoms with Gasteiger partial charge in [0, 0.05) is 5.56 Å². The Bertz CT molecular complexity index is 838. The van der Waals surface area contributed by atoms with Crippen LogP contribution in [0.4, 0.5) is 0 Å². The molecule has 0 fully saturated rings. The summed E-state index contributed by atoms with van der Waals surface area (Å²) in [6, 6.07) is 14.1. The Hall–Kier alpha value is -3.13. The molecule has 0 saturated carbocycles. The molecule has 160 valence electrons. The maximum Gasteiger partial charge on any atom is 0.276 e. The smallest absolute Gasteiger partial charge is 0.276 e. The first-order valence-corrected chi connectivity index (χ1v) is 10.2. The minimum absolute atomic E-state index is 0.0245. The van der Waals surface area contributed by atoms with Crippen molar-refractivity contribution in [1.29, 1.82) is 0 Å². The molecule has 0 aliphatic carbocycles. The Kier molecular flexibility index (Phi) is 9.60. The highest BCUT2D eigenvalue weighted by Gasteiger charge is 2.09. The number of benzene rings is 2. The zero-order chi connectivity index (χ0) is 21.8. The molecule has 0 atom stereocenters. The van der Waals surface area contributed by atoms with Crippen LogP contribution in [0.15, 0.2) is 48.5 Å². The minimum atomic E-state index is -0.434. The summed E-state index contributed by atoms with van der Waals surface area (Å²) in [6.45, 7) is 4.57. The lowest BCUT2D eigenvalue weighted by atomic mass is 10.2. The highest BCUT2D eigenvalue weighted by molar-refractivity contribution is 7.80. The molecule has 2 amide bonds. The van der Waals surface area contributed by atoms with Gasteiger partial charge >= 0.3 is 0 Å². The SMILES string of the molecule is CCCCCOc1ccc(C(=O)NC(=S)NNC(=O)COc2ccc(C)cc2)cc1. The van der Waals surface area contributed by atoms with E-state index in [1.807, 2.05) is 19.1 Å².